The summed E-state index contributed by atoms with van der Waals surface area (Å²) in [7, 11) is 3.85. The van der Waals surface area contributed by atoms with Gasteiger partial charge in [0.15, 0.2) is 0 Å². The summed E-state index contributed by atoms with van der Waals surface area (Å²) >= 11 is 0. The number of amides is 1. The SMILES string of the molecule is CC[C@H](C(=O)NC[C@@H](c1cccc(F)c1)N(C)C)c1ccccc1. The van der Waals surface area contributed by atoms with Gasteiger partial charge in [-0.2, -0.15) is 0 Å². The highest BCUT2D eigenvalue weighted by atomic mass is 19.1. The first-order valence-corrected chi connectivity index (χ1v) is 8.27. The summed E-state index contributed by atoms with van der Waals surface area (Å²) in [5, 5.41) is 3.03. The number of likely N-dealkylation sites (N-methyl/N-ethyl adjacent to an activating group) is 1. The Hall–Kier alpha value is -2.20. The molecular formula is C20H25FN2O. The monoisotopic (exact) mass is 328 g/mol. The van der Waals surface area contributed by atoms with Crippen molar-refractivity contribution in [2.24, 2.45) is 0 Å². The van der Waals surface area contributed by atoms with Crippen LogP contribution < -0.4 is 5.32 Å². The molecule has 2 atom stereocenters. The third-order valence-electron chi connectivity index (χ3n) is 4.25. The van der Waals surface area contributed by atoms with E-state index >= 15 is 0 Å². The third-order valence-corrected chi connectivity index (χ3v) is 4.25. The van der Waals surface area contributed by atoms with Gasteiger partial charge in [-0.05, 0) is 43.8 Å². The molecule has 4 heteroatoms. The van der Waals surface area contributed by atoms with Crippen molar-refractivity contribution in [3.05, 3.63) is 71.5 Å². The van der Waals surface area contributed by atoms with E-state index in [0.29, 0.717) is 6.54 Å². The molecule has 0 aliphatic heterocycles. The van der Waals surface area contributed by atoms with Crippen LogP contribution in [0.25, 0.3) is 0 Å². The van der Waals surface area contributed by atoms with Crippen LogP contribution in [0.1, 0.15) is 36.4 Å². The van der Waals surface area contributed by atoms with E-state index in [1.54, 1.807) is 6.07 Å². The van der Waals surface area contributed by atoms with E-state index < -0.39 is 0 Å². The van der Waals surface area contributed by atoms with Crippen LogP contribution >= 0.6 is 0 Å². The second kappa shape index (κ2) is 8.60. The van der Waals surface area contributed by atoms with Gasteiger partial charge < -0.3 is 10.2 Å². The molecule has 0 fully saturated rings. The first-order chi connectivity index (χ1) is 11.5. The summed E-state index contributed by atoms with van der Waals surface area (Å²) in [6.45, 7) is 2.45. The minimum absolute atomic E-state index is 0.00644. The quantitative estimate of drug-likeness (QED) is 0.840. The van der Waals surface area contributed by atoms with E-state index in [1.807, 2.05) is 62.3 Å². The average molecular weight is 328 g/mol. The van der Waals surface area contributed by atoms with Crippen LogP contribution in [-0.4, -0.2) is 31.4 Å². The van der Waals surface area contributed by atoms with Crippen LogP contribution in [0.2, 0.25) is 0 Å². The van der Waals surface area contributed by atoms with Crippen molar-refractivity contribution in [3.63, 3.8) is 0 Å². The van der Waals surface area contributed by atoms with E-state index in [2.05, 4.69) is 5.32 Å². The molecule has 24 heavy (non-hydrogen) atoms. The smallest absolute Gasteiger partial charge is 0.227 e. The topological polar surface area (TPSA) is 32.3 Å². The van der Waals surface area contributed by atoms with Crippen molar-refractivity contribution in [1.82, 2.24) is 10.2 Å². The number of halogens is 1. The van der Waals surface area contributed by atoms with Crippen LogP contribution in [0.4, 0.5) is 4.39 Å². The van der Waals surface area contributed by atoms with Crippen LogP contribution in [0, 0.1) is 5.82 Å². The number of rotatable bonds is 7. The molecule has 0 saturated carbocycles. The fraction of sp³-hybridized carbons (Fsp3) is 0.350. The molecule has 128 valence electrons. The average Bonchev–Trinajstić information content (AvgIpc) is 2.56. The highest BCUT2D eigenvalue weighted by Gasteiger charge is 2.21. The molecular weight excluding hydrogens is 303 g/mol. The van der Waals surface area contributed by atoms with Crippen molar-refractivity contribution >= 4 is 5.91 Å². The molecule has 0 heterocycles. The van der Waals surface area contributed by atoms with Gasteiger partial charge in [-0.25, -0.2) is 4.39 Å². The molecule has 3 nitrogen and oxygen atoms in total. The van der Waals surface area contributed by atoms with Gasteiger partial charge in [0.2, 0.25) is 5.91 Å². The number of nitrogens with zero attached hydrogens (tertiary/aromatic N) is 1. The van der Waals surface area contributed by atoms with Crippen molar-refractivity contribution in [1.29, 1.82) is 0 Å². The van der Waals surface area contributed by atoms with Crippen LogP contribution in [-0.2, 0) is 4.79 Å². The van der Waals surface area contributed by atoms with Crippen molar-refractivity contribution in [3.8, 4) is 0 Å². The van der Waals surface area contributed by atoms with Gasteiger partial charge in [-0.15, -0.1) is 0 Å². The lowest BCUT2D eigenvalue weighted by Gasteiger charge is -2.26. The standard InChI is InChI=1S/C20H25FN2O/c1-4-18(15-9-6-5-7-10-15)20(24)22-14-19(23(2)3)16-11-8-12-17(21)13-16/h5-13,18-19H,4,14H2,1-3H3,(H,22,24)/t18-,19-/m0/s1. The first kappa shape index (κ1) is 18.1. The highest BCUT2D eigenvalue weighted by molar-refractivity contribution is 5.83. The van der Waals surface area contributed by atoms with E-state index in [9.17, 15) is 9.18 Å². The summed E-state index contributed by atoms with van der Waals surface area (Å²) < 4.78 is 13.5. The Kier molecular flexibility index (Phi) is 6.50. The maximum Gasteiger partial charge on any atom is 0.227 e. The second-order valence-corrected chi connectivity index (χ2v) is 6.15. The molecule has 0 aromatic heterocycles. The molecule has 0 radical (unpaired) electrons. The summed E-state index contributed by atoms with van der Waals surface area (Å²) in [4.78, 5) is 14.6. The summed E-state index contributed by atoms with van der Waals surface area (Å²) in [5.74, 6) is -0.421. The molecule has 2 aromatic carbocycles. The van der Waals surface area contributed by atoms with Crippen LogP contribution in [0.5, 0.6) is 0 Å². The molecule has 0 spiro atoms. The molecule has 1 N–H and O–H groups in total. The normalized spacial score (nSPS) is 13.5. The van der Waals surface area contributed by atoms with Gasteiger partial charge in [0, 0.05) is 6.54 Å². The highest BCUT2D eigenvalue weighted by Crippen LogP contribution is 2.21. The zero-order chi connectivity index (χ0) is 17.5. The molecule has 2 aromatic rings. The number of nitrogens with one attached hydrogen (secondary N) is 1. The lowest BCUT2D eigenvalue weighted by molar-refractivity contribution is -0.122. The predicted molar refractivity (Wildman–Crippen MR) is 95.3 cm³/mol. The lowest BCUT2D eigenvalue weighted by Crippen LogP contribution is -2.37. The lowest BCUT2D eigenvalue weighted by atomic mass is 9.95. The first-order valence-electron chi connectivity index (χ1n) is 8.27. The Morgan fingerprint density at radius 2 is 1.75 bits per heavy atom. The summed E-state index contributed by atoms with van der Waals surface area (Å²) in [5.41, 5.74) is 1.87. The number of hydrogen-bond donors (Lipinski definition) is 1. The minimum Gasteiger partial charge on any atom is -0.354 e. The largest absolute Gasteiger partial charge is 0.354 e. The minimum atomic E-state index is -0.263. The molecule has 0 bridgehead atoms. The van der Waals surface area contributed by atoms with E-state index in [1.165, 1.54) is 12.1 Å². The van der Waals surface area contributed by atoms with Gasteiger partial charge in [-0.3, -0.25) is 4.79 Å². The number of carbonyl (C=O) groups is 1. The van der Waals surface area contributed by atoms with Gasteiger partial charge in [-0.1, -0.05) is 49.4 Å². The van der Waals surface area contributed by atoms with E-state index in [0.717, 1.165) is 17.5 Å². The van der Waals surface area contributed by atoms with Crippen molar-refractivity contribution in [2.45, 2.75) is 25.3 Å². The van der Waals surface area contributed by atoms with Gasteiger partial charge in [0.1, 0.15) is 5.82 Å². The van der Waals surface area contributed by atoms with E-state index in [4.69, 9.17) is 0 Å². The fourth-order valence-electron chi connectivity index (χ4n) is 2.89. The summed E-state index contributed by atoms with van der Waals surface area (Å²) in [6, 6.07) is 16.2. The van der Waals surface area contributed by atoms with Gasteiger partial charge in [0.05, 0.1) is 12.0 Å². The van der Waals surface area contributed by atoms with Gasteiger partial charge in [0.25, 0.3) is 0 Å². The second-order valence-electron chi connectivity index (χ2n) is 6.15. The molecule has 0 unspecified atom stereocenters. The molecule has 0 aliphatic carbocycles. The predicted octanol–water partition coefficient (Wildman–Crippen LogP) is 3.74. The molecule has 2 rings (SSSR count). The van der Waals surface area contributed by atoms with Gasteiger partial charge >= 0.3 is 0 Å². The van der Waals surface area contributed by atoms with E-state index in [-0.39, 0.29) is 23.7 Å². The Morgan fingerprint density at radius 1 is 1.08 bits per heavy atom. The Labute approximate surface area is 143 Å². The molecule has 0 aliphatic rings. The molecule has 1 amide bonds. The van der Waals surface area contributed by atoms with Crippen LogP contribution in [0.3, 0.4) is 0 Å². The van der Waals surface area contributed by atoms with Crippen molar-refractivity contribution < 1.29 is 9.18 Å². The van der Waals surface area contributed by atoms with Crippen molar-refractivity contribution in [2.75, 3.05) is 20.6 Å². The molecule has 0 saturated heterocycles. The van der Waals surface area contributed by atoms with Crippen LogP contribution in [0.15, 0.2) is 54.6 Å². The number of benzene rings is 2. The maximum atomic E-state index is 13.5. The maximum absolute atomic E-state index is 13.5. The Bertz CT molecular complexity index is 658. The third kappa shape index (κ3) is 4.65. The number of hydrogen-bond acceptors (Lipinski definition) is 2. The zero-order valence-corrected chi connectivity index (χ0v) is 14.5. The zero-order valence-electron chi connectivity index (χ0n) is 14.5. The fourth-order valence-corrected chi connectivity index (χ4v) is 2.89. The number of carbonyl (C=O) groups excluding carboxylic acids is 1. The Balaban J connectivity index is 2.07. The Morgan fingerprint density at radius 3 is 2.33 bits per heavy atom. The summed E-state index contributed by atoms with van der Waals surface area (Å²) in [6.07, 6.45) is 0.739.